The molecule has 29 heavy (non-hydrogen) atoms. The third-order valence-corrected chi connectivity index (χ3v) is 6.26. The average Bonchev–Trinajstić information content (AvgIpc) is 3.23. The molecule has 0 radical (unpaired) electrons. The summed E-state index contributed by atoms with van der Waals surface area (Å²) >= 11 is 0. The Balaban J connectivity index is 1.83. The molecule has 0 amide bonds. The lowest BCUT2D eigenvalue weighted by Gasteiger charge is -2.26. The van der Waals surface area contributed by atoms with Crippen molar-refractivity contribution in [3.05, 3.63) is 47.2 Å². The third kappa shape index (κ3) is 2.04. The fourth-order valence-corrected chi connectivity index (χ4v) is 4.97. The molecular weight excluding hydrogens is 374 g/mol. The van der Waals surface area contributed by atoms with Crippen molar-refractivity contribution in [1.29, 1.82) is 5.26 Å². The summed E-state index contributed by atoms with van der Waals surface area (Å²) in [5.41, 5.74) is -0.278. The van der Waals surface area contributed by atoms with Crippen molar-refractivity contribution in [1.82, 2.24) is 9.55 Å². The van der Waals surface area contributed by atoms with Gasteiger partial charge in [0.2, 0.25) is 11.8 Å². The van der Waals surface area contributed by atoms with E-state index in [1.807, 2.05) is 0 Å². The first-order valence-corrected chi connectivity index (χ1v) is 9.33. The van der Waals surface area contributed by atoms with Crippen LogP contribution in [0.4, 0.5) is 0 Å². The lowest BCUT2D eigenvalue weighted by atomic mass is 9.76. The summed E-state index contributed by atoms with van der Waals surface area (Å²) in [5, 5.41) is 52.4. The summed E-state index contributed by atoms with van der Waals surface area (Å²) in [6.45, 7) is 1.47. The van der Waals surface area contributed by atoms with E-state index >= 15 is 0 Å². The second-order valence-corrected chi connectivity index (χ2v) is 7.77. The van der Waals surface area contributed by atoms with Gasteiger partial charge in [-0.05, 0) is 31.2 Å². The molecule has 3 aromatic rings. The molecule has 0 spiro atoms. The van der Waals surface area contributed by atoms with Crippen LogP contribution in [-0.2, 0) is 15.9 Å². The van der Waals surface area contributed by atoms with Crippen molar-refractivity contribution < 1.29 is 25.2 Å². The molecule has 3 atom stereocenters. The third-order valence-electron chi connectivity index (χ3n) is 6.26. The zero-order valence-corrected chi connectivity index (χ0v) is 15.6. The molecule has 1 saturated heterocycles. The van der Waals surface area contributed by atoms with Crippen molar-refractivity contribution in [3.63, 3.8) is 0 Å². The summed E-state index contributed by atoms with van der Waals surface area (Å²) in [7, 11) is 0. The average molecular weight is 393 g/mol. The maximum absolute atomic E-state index is 11.2. The number of aromatic nitrogens is 2. The molecule has 2 unspecified atom stereocenters. The molecule has 4 N–H and O–H groups in total. The van der Waals surface area contributed by atoms with Crippen molar-refractivity contribution in [2.24, 2.45) is 0 Å². The van der Waals surface area contributed by atoms with Crippen LogP contribution in [0.5, 0.6) is 11.8 Å². The number of nitrogens with zero attached hydrogens (tertiary/aromatic N) is 3. The molecule has 2 aliphatic heterocycles. The van der Waals surface area contributed by atoms with E-state index in [2.05, 4.69) is 11.1 Å². The van der Waals surface area contributed by atoms with Crippen LogP contribution in [-0.4, -0.2) is 42.7 Å². The highest BCUT2D eigenvalue weighted by Crippen LogP contribution is 2.65. The van der Waals surface area contributed by atoms with Crippen molar-refractivity contribution in [2.45, 2.75) is 37.1 Å². The highest BCUT2D eigenvalue weighted by Gasteiger charge is 2.65. The molecule has 1 fully saturated rings. The van der Waals surface area contributed by atoms with Gasteiger partial charge in [0.05, 0.1) is 34.0 Å². The highest BCUT2D eigenvalue weighted by molar-refractivity contribution is 5.92. The number of ether oxygens (including phenoxy) is 1. The summed E-state index contributed by atoms with van der Waals surface area (Å²) in [6, 6.07) is 8.79. The van der Waals surface area contributed by atoms with Gasteiger partial charge in [-0.25, -0.2) is 0 Å². The van der Waals surface area contributed by atoms with Crippen molar-refractivity contribution >= 4 is 10.9 Å². The molecule has 0 saturated carbocycles. The molecule has 8 nitrogen and oxygen atoms in total. The number of hydrogen-bond donors (Lipinski definition) is 4. The van der Waals surface area contributed by atoms with Gasteiger partial charge in [-0.2, -0.15) is 5.26 Å². The maximum Gasteiger partial charge on any atom is 0.205 e. The van der Waals surface area contributed by atoms with Crippen molar-refractivity contribution in [2.75, 3.05) is 6.61 Å². The van der Waals surface area contributed by atoms with Gasteiger partial charge < -0.3 is 25.2 Å². The van der Waals surface area contributed by atoms with Crippen molar-refractivity contribution in [3.8, 4) is 23.5 Å². The number of pyridine rings is 1. The Kier molecular flexibility index (Phi) is 3.53. The van der Waals surface area contributed by atoms with Gasteiger partial charge in [-0.15, -0.1) is 0 Å². The number of aromatic hydroxyl groups is 2. The molecule has 2 bridgehead atoms. The van der Waals surface area contributed by atoms with Gasteiger partial charge in [-0.3, -0.25) is 9.55 Å². The van der Waals surface area contributed by atoms with Crippen LogP contribution in [0.1, 0.15) is 36.5 Å². The van der Waals surface area contributed by atoms with E-state index in [-0.39, 0.29) is 31.2 Å². The molecule has 1 aromatic carbocycles. The van der Waals surface area contributed by atoms with Gasteiger partial charge >= 0.3 is 0 Å². The number of hydrogen-bond acceptors (Lipinski definition) is 7. The van der Waals surface area contributed by atoms with E-state index in [1.165, 1.54) is 4.57 Å². The topological polar surface area (TPSA) is 132 Å². The van der Waals surface area contributed by atoms with Crippen LogP contribution < -0.4 is 0 Å². The SMILES string of the molecule is CC12OC(CCO)(C[C@@H]1O)c1c2c(O)n(-c2ccc(C#N)c3ncccc23)c1O. The first kappa shape index (κ1) is 17.9. The van der Waals surface area contributed by atoms with Crippen LogP contribution in [0.2, 0.25) is 0 Å². The fourth-order valence-electron chi connectivity index (χ4n) is 4.97. The van der Waals surface area contributed by atoms with E-state index in [4.69, 9.17) is 4.74 Å². The number of benzene rings is 1. The Morgan fingerprint density at radius 3 is 2.76 bits per heavy atom. The monoisotopic (exact) mass is 393 g/mol. The molecule has 5 rings (SSSR count). The van der Waals surface area contributed by atoms with Gasteiger partial charge in [0.25, 0.3) is 0 Å². The minimum atomic E-state index is -1.20. The van der Waals surface area contributed by atoms with Crippen LogP contribution in [0.15, 0.2) is 30.5 Å². The molecule has 2 aliphatic rings. The summed E-state index contributed by atoms with van der Waals surface area (Å²) in [6.07, 6.45) is 1.08. The molecule has 148 valence electrons. The Morgan fingerprint density at radius 1 is 1.28 bits per heavy atom. The van der Waals surface area contributed by atoms with E-state index < -0.39 is 17.3 Å². The number of aliphatic hydroxyl groups excluding tert-OH is 2. The largest absolute Gasteiger partial charge is 0.494 e. The van der Waals surface area contributed by atoms with E-state index in [9.17, 15) is 25.7 Å². The van der Waals surface area contributed by atoms with Gasteiger partial charge in [0.1, 0.15) is 17.3 Å². The Labute approximate surface area is 165 Å². The number of aliphatic hydroxyl groups is 2. The van der Waals surface area contributed by atoms with Crippen LogP contribution in [0.3, 0.4) is 0 Å². The fraction of sp³-hybridized carbons (Fsp3) is 0.333. The summed E-state index contributed by atoms with van der Waals surface area (Å²) in [4.78, 5) is 4.28. The molecule has 0 aliphatic carbocycles. The quantitative estimate of drug-likeness (QED) is 0.534. The lowest BCUT2D eigenvalue weighted by molar-refractivity contribution is -0.108. The molecule has 4 heterocycles. The van der Waals surface area contributed by atoms with Crippen LogP contribution in [0.25, 0.3) is 16.6 Å². The molecule has 8 heteroatoms. The predicted octanol–water partition coefficient (Wildman–Crippen LogP) is 1.90. The van der Waals surface area contributed by atoms with Crippen LogP contribution in [0, 0.1) is 11.3 Å². The van der Waals surface area contributed by atoms with Gasteiger partial charge in [-0.1, -0.05) is 0 Å². The molecule has 2 aromatic heterocycles. The minimum Gasteiger partial charge on any atom is -0.494 e. The van der Waals surface area contributed by atoms with E-state index in [0.717, 1.165) is 0 Å². The normalized spacial score (nSPS) is 27.3. The Morgan fingerprint density at radius 2 is 2.03 bits per heavy atom. The van der Waals surface area contributed by atoms with E-state index in [0.29, 0.717) is 33.3 Å². The second-order valence-electron chi connectivity index (χ2n) is 7.77. The minimum absolute atomic E-state index is 0.180. The number of nitriles is 1. The summed E-state index contributed by atoms with van der Waals surface area (Å²) < 4.78 is 7.38. The first-order chi connectivity index (χ1) is 13.9. The molecular formula is C21H19N3O5. The number of fused-ring (bicyclic) bond motifs is 6. The first-order valence-electron chi connectivity index (χ1n) is 9.33. The number of rotatable bonds is 3. The van der Waals surface area contributed by atoms with E-state index in [1.54, 1.807) is 37.4 Å². The maximum atomic E-state index is 11.2. The standard InChI is InChI=1S/C21H19N3O5/c1-20-14(26)9-21(29-20,6-8-25)16-15(20)18(27)24(19(16)28)13-5-4-11(10-22)17-12(13)3-2-7-23-17/h2-5,7,14,25-28H,6,8-9H2,1H3/t14-,20?,21?/m0/s1. The summed E-state index contributed by atoms with van der Waals surface area (Å²) in [5.74, 6) is -0.454. The Bertz CT molecular complexity index is 1210. The second kappa shape index (κ2) is 5.70. The predicted molar refractivity (Wildman–Crippen MR) is 102 cm³/mol. The van der Waals surface area contributed by atoms with Gasteiger partial charge in [0.15, 0.2) is 0 Å². The zero-order valence-electron chi connectivity index (χ0n) is 15.6. The Hall–Kier alpha value is -3.12. The van der Waals surface area contributed by atoms with Crippen LogP contribution >= 0.6 is 0 Å². The smallest absolute Gasteiger partial charge is 0.205 e. The van der Waals surface area contributed by atoms with Gasteiger partial charge in [0, 0.05) is 31.0 Å². The lowest BCUT2D eigenvalue weighted by Crippen LogP contribution is -2.33. The zero-order chi connectivity index (χ0) is 20.6. The highest BCUT2D eigenvalue weighted by atomic mass is 16.6.